The first-order valence-corrected chi connectivity index (χ1v) is 8.46. The Labute approximate surface area is 159 Å². The second-order valence-corrected chi connectivity index (χ2v) is 6.34. The number of anilines is 1. The molecule has 2 N–H and O–H groups in total. The Bertz CT molecular complexity index is 1120. The molecule has 0 aliphatic carbocycles. The number of halogens is 2. The van der Waals surface area contributed by atoms with E-state index in [1.54, 1.807) is 18.3 Å². The summed E-state index contributed by atoms with van der Waals surface area (Å²) in [5, 5.41) is 1.70. The summed E-state index contributed by atoms with van der Waals surface area (Å²) in [7, 11) is 0. The summed E-state index contributed by atoms with van der Waals surface area (Å²) in [5.74, 6) is 1.56. The maximum absolute atomic E-state index is 6.19. The molecule has 0 saturated carbocycles. The molecular formula is C19H12Cl2N4O. The van der Waals surface area contributed by atoms with E-state index in [9.17, 15) is 0 Å². The lowest BCUT2D eigenvalue weighted by atomic mass is 10.0. The van der Waals surface area contributed by atoms with Gasteiger partial charge in [0.2, 0.25) is 0 Å². The third-order valence-corrected chi connectivity index (χ3v) is 4.28. The Kier molecular flexibility index (Phi) is 4.32. The van der Waals surface area contributed by atoms with Crippen LogP contribution in [0.1, 0.15) is 0 Å². The Hall–Kier alpha value is -2.89. The number of hydrogen-bond donors (Lipinski definition) is 1. The summed E-state index contributed by atoms with van der Waals surface area (Å²) < 4.78 is 6.06. The van der Waals surface area contributed by atoms with Gasteiger partial charge in [-0.25, -0.2) is 15.0 Å². The van der Waals surface area contributed by atoms with Crippen LogP contribution in [0.25, 0.3) is 22.0 Å². The molecule has 26 heavy (non-hydrogen) atoms. The summed E-state index contributed by atoms with van der Waals surface area (Å²) in [4.78, 5) is 12.4. The van der Waals surface area contributed by atoms with Crippen molar-refractivity contribution in [1.29, 1.82) is 0 Å². The molecular weight excluding hydrogens is 371 g/mol. The molecule has 0 bridgehead atoms. The van der Waals surface area contributed by atoms with Gasteiger partial charge in [0.05, 0.1) is 11.1 Å². The average molecular weight is 383 g/mol. The van der Waals surface area contributed by atoms with Crippen LogP contribution in [0.15, 0.2) is 61.1 Å². The zero-order valence-corrected chi connectivity index (χ0v) is 14.9. The van der Waals surface area contributed by atoms with E-state index in [2.05, 4.69) is 15.0 Å². The van der Waals surface area contributed by atoms with Crippen LogP contribution in [0.3, 0.4) is 0 Å². The third-order valence-electron chi connectivity index (χ3n) is 3.84. The molecule has 0 saturated heterocycles. The molecule has 0 amide bonds. The summed E-state index contributed by atoms with van der Waals surface area (Å²) in [6.45, 7) is 0. The lowest BCUT2D eigenvalue weighted by Crippen LogP contribution is -1.97. The van der Waals surface area contributed by atoms with E-state index in [0.717, 1.165) is 16.5 Å². The Morgan fingerprint density at radius 3 is 2.62 bits per heavy atom. The first-order valence-electron chi connectivity index (χ1n) is 7.70. The second-order valence-electron chi connectivity index (χ2n) is 5.52. The van der Waals surface area contributed by atoms with Crippen LogP contribution in [0.2, 0.25) is 10.2 Å². The molecule has 0 spiro atoms. The number of pyridine rings is 1. The summed E-state index contributed by atoms with van der Waals surface area (Å²) in [6.07, 6.45) is 3.01. The van der Waals surface area contributed by atoms with Crippen LogP contribution < -0.4 is 10.5 Å². The molecule has 5 nitrogen and oxygen atoms in total. The van der Waals surface area contributed by atoms with Crippen molar-refractivity contribution in [3.05, 3.63) is 71.2 Å². The topological polar surface area (TPSA) is 73.9 Å². The lowest BCUT2D eigenvalue weighted by molar-refractivity contribution is 0.484. The first-order chi connectivity index (χ1) is 12.6. The zero-order chi connectivity index (χ0) is 18.1. The van der Waals surface area contributed by atoms with Crippen LogP contribution in [0, 0.1) is 0 Å². The van der Waals surface area contributed by atoms with Gasteiger partial charge in [0.25, 0.3) is 0 Å². The van der Waals surface area contributed by atoms with Gasteiger partial charge in [0.15, 0.2) is 0 Å². The van der Waals surface area contributed by atoms with E-state index in [4.69, 9.17) is 33.7 Å². The number of benzene rings is 2. The molecule has 2 aromatic heterocycles. The minimum atomic E-state index is 0.346. The van der Waals surface area contributed by atoms with Crippen LogP contribution in [0.5, 0.6) is 11.5 Å². The largest absolute Gasteiger partial charge is 0.456 e. The second kappa shape index (κ2) is 6.78. The van der Waals surface area contributed by atoms with E-state index in [1.165, 1.54) is 6.33 Å². The number of nitrogens with zero attached hydrogens (tertiary/aromatic N) is 3. The lowest BCUT2D eigenvalue weighted by Gasteiger charge is -2.14. The average Bonchev–Trinajstić information content (AvgIpc) is 2.62. The van der Waals surface area contributed by atoms with Gasteiger partial charge in [0.1, 0.15) is 28.8 Å². The van der Waals surface area contributed by atoms with E-state index >= 15 is 0 Å². The first kappa shape index (κ1) is 16.6. The molecule has 0 unspecified atom stereocenters. The highest BCUT2D eigenvalue weighted by atomic mass is 35.5. The Balaban J connectivity index is 1.96. The van der Waals surface area contributed by atoms with E-state index in [-0.39, 0.29) is 0 Å². The molecule has 4 rings (SSSR count). The fourth-order valence-electron chi connectivity index (χ4n) is 2.71. The van der Waals surface area contributed by atoms with Gasteiger partial charge in [-0.05, 0) is 35.9 Å². The summed E-state index contributed by atoms with van der Waals surface area (Å²) in [5.41, 5.74) is 8.32. The summed E-state index contributed by atoms with van der Waals surface area (Å²) >= 11 is 12.1. The maximum atomic E-state index is 6.19. The van der Waals surface area contributed by atoms with E-state index in [1.807, 2.05) is 36.4 Å². The Morgan fingerprint density at radius 1 is 0.923 bits per heavy atom. The van der Waals surface area contributed by atoms with Crippen molar-refractivity contribution in [3.63, 3.8) is 0 Å². The number of hydrogen-bond acceptors (Lipinski definition) is 5. The molecule has 0 aliphatic heterocycles. The number of aromatic nitrogens is 3. The molecule has 128 valence electrons. The van der Waals surface area contributed by atoms with Crippen LogP contribution in [-0.2, 0) is 0 Å². The van der Waals surface area contributed by atoms with Crippen molar-refractivity contribution >= 4 is 39.9 Å². The normalized spacial score (nSPS) is 10.8. The quantitative estimate of drug-likeness (QED) is 0.481. The van der Waals surface area contributed by atoms with E-state index in [0.29, 0.717) is 33.0 Å². The molecule has 0 radical (unpaired) electrons. The van der Waals surface area contributed by atoms with Gasteiger partial charge in [-0.1, -0.05) is 35.3 Å². The van der Waals surface area contributed by atoms with Crippen molar-refractivity contribution in [2.45, 2.75) is 0 Å². The number of nitrogen functional groups attached to an aromatic ring is 1. The predicted octanol–water partition coefficient (Wildman–Crippen LogP) is 5.37. The van der Waals surface area contributed by atoms with Crippen molar-refractivity contribution in [2.24, 2.45) is 0 Å². The third kappa shape index (κ3) is 3.14. The number of ether oxygens (including phenoxy) is 1. The van der Waals surface area contributed by atoms with Gasteiger partial charge in [-0.3, -0.25) is 0 Å². The molecule has 7 heteroatoms. The van der Waals surface area contributed by atoms with Gasteiger partial charge in [-0.2, -0.15) is 0 Å². The number of fused-ring (bicyclic) bond motifs is 1. The van der Waals surface area contributed by atoms with Crippen LogP contribution in [0.4, 0.5) is 5.82 Å². The minimum absolute atomic E-state index is 0.346. The van der Waals surface area contributed by atoms with Gasteiger partial charge in [0, 0.05) is 22.7 Å². The van der Waals surface area contributed by atoms with Crippen LogP contribution in [-0.4, -0.2) is 15.0 Å². The highest BCUT2D eigenvalue weighted by Gasteiger charge is 2.15. The fourth-order valence-corrected chi connectivity index (χ4v) is 3.07. The standard InChI is InChI=1S/C19H12Cl2N4O/c20-12-3-1-2-11(8-12)17-15(26-13-6-7-23-16(21)9-13)5-4-14-18(17)24-10-25-19(14)22/h1-10H,(H2,22,24,25). The molecule has 0 aliphatic rings. The van der Waals surface area contributed by atoms with Crippen LogP contribution >= 0.6 is 23.2 Å². The van der Waals surface area contributed by atoms with Gasteiger partial charge in [-0.15, -0.1) is 0 Å². The Morgan fingerprint density at radius 2 is 1.81 bits per heavy atom. The SMILES string of the molecule is Nc1ncnc2c(-c3cccc(Cl)c3)c(Oc3ccnc(Cl)c3)ccc12. The number of rotatable bonds is 3. The van der Waals surface area contributed by atoms with Crippen molar-refractivity contribution in [3.8, 4) is 22.6 Å². The fraction of sp³-hybridized carbons (Fsp3) is 0. The zero-order valence-electron chi connectivity index (χ0n) is 13.4. The van der Waals surface area contributed by atoms with Crippen molar-refractivity contribution in [1.82, 2.24) is 15.0 Å². The highest BCUT2D eigenvalue weighted by molar-refractivity contribution is 6.31. The van der Waals surface area contributed by atoms with Crippen molar-refractivity contribution < 1.29 is 4.74 Å². The smallest absolute Gasteiger partial charge is 0.137 e. The molecule has 0 fully saturated rings. The van der Waals surface area contributed by atoms with Gasteiger partial charge < -0.3 is 10.5 Å². The monoisotopic (exact) mass is 382 g/mol. The highest BCUT2D eigenvalue weighted by Crippen LogP contribution is 2.40. The molecule has 2 heterocycles. The van der Waals surface area contributed by atoms with E-state index < -0.39 is 0 Å². The minimum Gasteiger partial charge on any atom is -0.456 e. The maximum Gasteiger partial charge on any atom is 0.137 e. The van der Waals surface area contributed by atoms with Crippen molar-refractivity contribution in [2.75, 3.05) is 5.73 Å². The summed E-state index contributed by atoms with van der Waals surface area (Å²) in [6, 6.07) is 14.5. The molecule has 2 aromatic carbocycles. The predicted molar refractivity (Wildman–Crippen MR) is 104 cm³/mol. The van der Waals surface area contributed by atoms with Gasteiger partial charge >= 0.3 is 0 Å². The number of nitrogens with two attached hydrogens (primary N) is 1. The molecule has 0 atom stereocenters. The molecule has 4 aromatic rings.